The summed E-state index contributed by atoms with van der Waals surface area (Å²) in [5, 5.41) is 17.9. The van der Waals surface area contributed by atoms with Crippen LogP contribution >= 0.6 is 0 Å². The van der Waals surface area contributed by atoms with Gasteiger partial charge in [0.05, 0.1) is 5.52 Å². The van der Waals surface area contributed by atoms with Gasteiger partial charge in [-0.15, -0.1) is 0 Å². The number of hydrogen-bond donors (Lipinski definition) is 4. The van der Waals surface area contributed by atoms with E-state index in [1.807, 2.05) is 0 Å². The van der Waals surface area contributed by atoms with Gasteiger partial charge >= 0.3 is 12.0 Å². The minimum Gasteiger partial charge on any atom is -0.477 e. The quantitative estimate of drug-likeness (QED) is 0.567. The highest BCUT2D eigenvalue weighted by Crippen LogP contribution is 2.25. The summed E-state index contributed by atoms with van der Waals surface area (Å²) in [5.74, 6) is -1.50. The Kier molecular flexibility index (Phi) is 5.05. The number of nitrogens with zero attached hydrogens (tertiary/aromatic N) is 2. The molecule has 3 rings (SSSR count). The Labute approximate surface area is 135 Å². The number of benzene rings is 1. The number of aromatic amines is 1. The molecule has 2 heterocycles. The van der Waals surface area contributed by atoms with E-state index in [4.69, 9.17) is 5.11 Å². The molecule has 0 unspecified atom stereocenters. The first-order chi connectivity index (χ1) is 11.4. The zero-order chi connectivity index (χ0) is 17.7. The molecule has 8 nitrogen and oxygen atoms in total. The lowest BCUT2D eigenvalue weighted by Gasteiger charge is -1.98. The lowest BCUT2D eigenvalue weighted by Crippen LogP contribution is -2.24. The van der Waals surface area contributed by atoms with Crippen LogP contribution < -0.4 is 11.1 Å². The summed E-state index contributed by atoms with van der Waals surface area (Å²) in [6.07, 6.45) is 0. The van der Waals surface area contributed by atoms with Gasteiger partial charge in [0.25, 0.3) is 0 Å². The fraction of sp³-hybridized carbons (Fsp3) is 0.0667. The zero-order valence-electron chi connectivity index (χ0n) is 12.6. The molecule has 0 spiro atoms. The van der Waals surface area contributed by atoms with Gasteiger partial charge < -0.3 is 16.2 Å². The van der Waals surface area contributed by atoms with Gasteiger partial charge in [0.15, 0.2) is 0 Å². The van der Waals surface area contributed by atoms with Crippen LogP contribution in [0.4, 0.5) is 9.18 Å². The number of H-pyrrole nitrogens is 1. The summed E-state index contributed by atoms with van der Waals surface area (Å²) in [5.41, 5.74) is 6.44. The maximum absolute atomic E-state index is 13.2. The molecule has 24 heavy (non-hydrogen) atoms. The van der Waals surface area contributed by atoms with Crippen molar-refractivity contribution in [2.75, 3.05) is 7.05 Å². The molecule has 0 fully saturated rings. The van der Waals surface area contributed by atoms with E-state index in [9.17, 15) is 14.0 Å². The SMILES string of the molecule is CNC(N)=O.O=C(O)c1ccc2[nH]nc(-c3cccc(F)c3)c2n1. The largest absolute Gasteiger partial charge is 0.477 e. The maximum Gasteiger partial charge on any atom is 0.354 e. The van der Waals surface area contributed by atoms with Crippen molar-refractivity contribution in [2.45, 2.75) is 0 Å². The van der Waals surface area contributed by atoms with Crippen molar-refractivity contribution in [3.05, 3.63) is 47.9 Å². The number of carboxylic acid groups (broad SMARTS) is 1. The topological polar surface area (TPSA) is 134 Å². The number of pyridine rings is 1. The third-order valence-electron chi connectivity index (χ3n) is 2.97. The number of halogens is 1. The lowest BCUT2D eigenvalue weighted by atomic mass is 10.1. The van der Waals surface area contributed by atoms with E-state index >= 15 is 0 Å². The Morgan fingerprint density at radius 2 is 2.00 bits per heavy atom. The fourth-order valence-corrected chi connectivity index (χ4v) is 1.86. The van der Waals surface area contributed by atoms with Crippen LogP contribution in [0.3, 0.4) is 0 Å². The first-order valence-corrected chi connectivity index (χ1v) is 6.74. The Morgan fingerprint density at radius 1 is 1.29 bits per heavy atom. The van der Waals surface area contributed by atoms with Crippen LogP contribution in [-0.2, 0) is 0 Å². The number of nitrogens with two attached hydrogens (primary N) is 1. The van der Waals surface area contributed by atoms with Crippen LogP contribution in [0.5, 0.6) is 0 Å². The van der Waals surface area contributed by atoms with Gasteiger partial charge in [0, 0.05) is 12.6 Å². The molecule has 0 aliphatic heterocycles. The van der Waals surface area contributed by atoms with Gasteiger partial charge in [0.1, 0.15) is 22.7 Å². The fourth-order valence-electron chi connectivity index (χ4n) is 1.86. The monoisotopic (exact) mass is 331 g/mol. The smallest absolute Gasteiger partial charge is 0.354 e. The first kappa shape index (κ1) is 16.9. The summed E-state index contributed by atoms with van der Waals surface area (Å²) in [7, 11) is 1.47. The number of amides is 2. The molecule has 9 heteroatoms. The van der Waals surface area contributed by atoms with E-state index in [0.29, 0.717) is 22.3 Å². The molecule has 2 amide bonds. The maximum atomic E-state index is 13.2. The predicted octanol–water partition coefficient (Wildman–Crippen LogP) is 1.75. The van der Waals surface area contributed by atoms with Gasteiger partial charge in [-0.25, -0.2) is 19.0 Å². The Bertz CT molecular complexity index is 894. The van der Waals surface area contributed by atoms with Crippen LogP contribution in [-0.4, -0.2) is 39.3 Å². The van der Waals surface area contributed by atoms with Crippen molar-refractivity contribution >= 4 is 23.0 Å². The number of aromatic carboxylic acids is 1. The predicted molar refractivity (Wildman–Crippen MR) is 84.9 cm³/mol. The Morgan fingerprint density at radius 3 is 2.58 bits per heavy atom. The molecular weight excluding hydrogens is 317 g/mol. The number of rotatable bonds is 2. The molecule has 2 aromatic heterocycles. The van der Waals surface area contributed by atoms with E-state index in [1.54, 1.807) is 18.2 Å². The number of urea groups is 1. The third kappa shape index (κ3) is 3.83. The van der Waals surface area contributed by atoms with Crippen molar-refractivity contribution < 1.29 is 19.1 Å². The molecular formula is C15H14FN5O3. The van der Waals surface area contributed by atoms with Crippen molar-refractivity contribution in [1.82, 2.24) is 20.5 Å². The molecule has 0 saturated heterocycles. The van der Waals surface area contributed by atoms with Crippen molar-refractivity contribution in [3.8, 4) is 11.3 Å². The summed E-state index contributed by atoms with van der Waals surface area (Å²) < 4.78 is 13.2. The van der Waals surface area contributed by atoms with E-state index in [-0.39, 0.29) is 11.5 Å². The summed E-state index contributed by atoms with van der Waals surface area (Å²) in [6.45, 7) is 0. The Balaban J connectivity index is 0.000000368. The zero-order valence-corrected chi connectivity index (χ0v) is 12.6. The van der Waals surface area contributed by atoms with E-state index in [2.05, 4.69) is 26.2 Å². The molecule has 0 radical (unpaired) electrons. The number of hydrogen-bond acceptors (Lipinski definition) is 4. The molecule has 124 valence electrons. The highest BCUT2D eigenvalue weighted by Gasteiger charge is 2.13. The summed E-state index contributed by atoms with van der Waals surface area (Å²) in [4.78, 5) is 24.4. The molecule has 0 aliphatic rings. The van der Waals surface area contributed by atoms with Gasteiger partial charge in [0.2, 0.25) is 0 Å². The van der Waals surface area contributed by atoms with Crippen LogP contribution in [0, 0.1) is 5.82 Å². The van der Waals surface area contributed by atoms with Crippen molar-refractivity contribution in [1.29, 1.82) is 0 Å². The average molecular weight is 331 g/mol. The van der Waals surface area contributed by atoms with Crippen LogP contribution in [0.25, 0.3) is 22.3 Å². The van der Waals surface area contributed by atoms with Gasteiger partial charge in [-0.3, -0.25) is 5.10 Å². The molecule has 0 bridgehead atoms. The molecule has 1 aromatic carbocycles. The molecule has 0 aliphatic carbocycles. The van der Waals surface area contributed by atoms with Crippen molar-refractivity contribution in [2.24, 2.45) is 5.73 Å². The highest BCUT2D eigenvalue weighted by atomic mass is 19.1. The normalized spacial score (nSPS) is 9.92. The minimum absolute atomic E-state index is 0.0773. The van der Waals surface area contributed by atoms with Gasteiger partial charge in [-0.2, -0.15) is 5.10 Å². The molecule has 3 aromatic rings. The number of primary amides is 1. The molecule has 0 saturated carbocycles. The van der Waals surface area contributed by atoms with Crippen LogP contribution in [0.15, 0.2) is 36.4 Å². The number of carboxylic acids is 1. The second kappa shape index (κ2) is 7.18. The second-order valence-corrected chi connectivity index (χ2v) is 4.59. The van der Waals surface area contributed by atoms with E-state index in [1.165, 1.54) is 25.2 Å². The summed E-state index contributed by atoms with van der Waals surface area (Å²) in [6, 6.07) is 8.38. The highest BCUT2D eigenvalue weighted by molar-refractivity contribution is 5.94. The standard InChI is InChI=1S/C13H8FN3O2.C2H6N2O/c14-8-3-1-2-7(6-8)11-12-9(16-17-11)4-5-10(15-12)13(18)19;1-4-2(3)5/h1-6H,(H,16,17)(H,18,19);1H3,(H3,3,4,5). The van der Waals surface area contributed by atoms with Crippen molar-refractivity contribution in [3.63, 3.8) is 0 Å². The number of aromatic nitrogens is 3. The lowest BCUT2D eigenvalue weighted by molar-refractivity contribution is 0.0691. The van der Waals surface area contributed by atoms with Gasteiger partial charge in [-0.05, 0) is 24.3 Å². The molecule has 5 N–H and O–H groups in total. The number of carbonyl (C=O) groups is 2. The Hall–Kier alpha value is -3.49. The minimum atomic E-state index is -1.12. The first-order valence-electron chi connectivity index (χ1n) is 6.74. The van der Waals surface area contributed by atoms with Crippen LogP contribution in [0.1, 0.15) is 10.5 Å². The van der Waals surface area contributed by atoms with Gasteiger partial charge in [-0.1, -0.05) is 12.1 Å². The van der Waals surface area contributed by atoms with E-state index < -0.39 is 12.0 Å². The van der Waals surface area contributed by atoms with E-state index in [0.717, 1.165) is 0 Å². The number of nitrogens with one attached hydrogen (secondary N) is 2. The third-order valence-corrected chi connectivity index (χ3v) is 2.97. The van der Waals surface area contributed by atoms with Crippen LogP contribution in [0.2, 0.25) is 0 Å². The number of carbonyl (C=O) groups excluding carboxylic acids is 1. The number of fused-ring (bicyclic) bond motifs is 1. The summed E-state index contributed by atoms with van der Waals surface area (Å²) >= 11 is 0. The second-order valence-electron chi connectivity index (χ2n) is 4.59. The molecule has 0 atom stereocenters. The average Bonchev–Trinajstić information content (AvgIpc) is 2.98.